The maximum atomic E-state index is 11.1. The van der Waals surface area contributed by atoms with Crippen LogP contribution < -0.4 is 14.4 Å². The molecule has 0 radical (unpaired) electrons. The zero-order valence-electron chi connectivity index (χ0n) is 39.1. The standard InChI is InChI=1S/C56H66N4O7/c1-3-5-6-11-18-44-21-25-46(26-22-44)57-59-54-37-38-55(53-20-13-12-19-52(53)54)60-58-47-27-31-49(32-28-47)63-40-14-7-8-15-41-64-50-33-35-51(36-34-50)67-66-43-45-23-29-48(30-24-45)62-39-16-9-10-17-42-65-56(61)4-2/h4,12-13,19-23,25-29,31-38H,2-3,5-11,14-18,24,30,39-43H2,1H3. The number of benzene rings is 5. The highest BCUT2D eigenvalue weighted by Crippen LogP contribution is 2.35. The van der Waals surface area contributed by atoms with Crippen molar-refractivity contribution < 1.29 is 33.5 Å². The van der Waals surface area contributed by atoms with Crippen LogP contribution in [0.25, 0.3) is 10.8 Å². The molecule has 0 heterocycles. The molecule has 0 unspecified atom stereocenters. The number of fused-ring (bicyclic) bond motifs is 1. The number of unbranched alkanes of at least 4 members (excludes halogenated alkanes) is 9. The van der Waals surface area contributed by atoms with Gasteiger partial charge in [-0.05, 0) is 161 Å². The third-order valence-electron chi connectivity index (χ3n) is 11.3. The average molecular weight is 907 g/mol. The van der Waals surface area contributed by atoms with E-state index in [1.165, 1.54) is 37.3 Å². The highest BCUT2D eigenvalue weighted by atomic mass is 17.2. The van der Waals surface area contributed by atoms with Gasteiger partial charge >= 0.3 is 5.97 Å². The first-order valence-electron chi connectivity index (χ1n) is 24.1. The van der Waals surface area contributed by atoms with Crippen molar-refractivity contribution in [3.63, 3.8) is 0 Å². The number of allylic oxidation sites excluding steroid dienone is 3. The monoisotopic (exact) mass is 906 g/mol. The van der Waals surface area contributed by atoms with Crippen LogP contribution in [0.5, 0.6) is 17.2 Å². The Labute approximate surface area is 396 Å². The second-order valence-electron chi connectivity index (χ2n) is 16.5. The van der Waals surface area contributed by atoms with Crippen LogP contribution >= 0.6 is 0 Å². The number of hydrogen-bond acceptors (Lipinski definition) is 11. The minimum Gasteiger partial charge on any atom is -0.498 e. The predicted octanol–water partition coefficient (Wildman–Crippen LogP) is 16.0. The fraction of sp³-hybridized carbons (Fsp3) is 0.375. The minimum absolute atomic E-state index is 0.366. The lowest BCUT2D eigenvalue weighted by molar-refractivity contribution is -0.198. The maximum Gasteiger partial charge on any atom is 0.330 e. The molecule has 0 bridgehead atoms. The summed E-state index contributed by atoms with van der Waals surface area (Å²) in [6.07, 6.45) is 21.0. The summed E-state index contributed by atoms with van der Waals surface area (Å²) >= 11 is 0. The smallest absolute Gasteiger partial charge is 0.330 e. The molecule has 0 saturated heterocycles. The maximum absolute atomic E-state index is 11.1. The minimum atomic E-state index is -0.366. The molecule has 0 amide bonds. The van der Waals surface area contributed by atoms with Crippen molar-refractivity contribution in [3.8, 4) is 17.2 Å². The third kappa shape index (κ3) is 18.3. The van der Waals surface area contributed by atoms with E-state index in [-0.39, 0.29) is 5.97 Å². The predicted molar refractivity (Wildman–Crippen MR) is 266 cm³/mol. The number of azo groups is 2. The lowest BCUT2D eigenvalue weighted by Crippen LogP contribution is -2.06. The molecule has 1 aliphatic rings. The summed E-state index contributed by atoms with van der Waals surface area (Å²) in [6, 6.07) is 35.6. The molecule has 0 N–H and O–H groups in total. The van der Waals surface area contributed by atoms with E-state index >= 15 is 0 Å². The van der Waals surface area contributed by atoms with E-state index in [0.29, 0.717) is 38.8 Å². The first-order chi connectivity index (χ1) is 33.1. The molecule has 0 spiro atoms. The van der Waals surface area contributed by atoms with Crippen LogP contribution in [0.15, 0.2) is 166 Å². The van der Waals surface area contributed by atoms with Crippen LogP contribution in [-0.2, 0) is 25.6 Å². The van der Waals surface area contributed by atoms with Crippen LogP contribution in [0.1, 0.15) is 102 Å². The molecule has 11 nitrogen and oxygen atoms in total. The fourth-order valence-electron chi connectivity index (χ4n) is 7.36. The highest BCUT2D eigenvalue weighted by molar-refractivity contribution is 5.99. The van der Waals surface area contributed by atoms with Gasteiger partial charge < -0.3 is 23.8 Å². The molecule has 5 aromatic rings. The van der Waals surface area contributed by atoms with Gasteiger partial charge in [0.1, 0.15) is 18.1 Å². The zero-order chi connectivity index (χ0) is 46.6. The van der Waals surface area contributed by atoms with E-state index in [1.54, 1.807) is 0 Å². The van der Waals surface area contributed by atoms with Crippen LogP contribution in [-0.4, -0.2) is 39.0 Å². The quantitative estimate of drug-likeness (QED) is 0.0108. The van der Waals surface area contributed by atoms with Gasteiger partial charge in [0.25, 0.3) is 0 Å². The Morgan fingerprint density at radius 1 is 0.552 bits per heavy atom. The van der Waals surface area contributed by atoms with Gasteiger partial charge in [0, 0.05) is 23.3 Å². The van der Waals surface area contributed by atoms with E-state index in [0.717, 1.165) is 127 Å². The number of carbonyl (C=O) groups excluding carboxylic acids is 1. The van der Waals surface area contributed by atoms with E-state index < -0.39 is 0 Å². The summed E-state index contributed by atoms with van der Waals surface area (Å²) in [6.45, 7) is 8.45. The Bertz CT molecular complexity index is 2370. The van der Waals surface area contributed by atoms with Gasteiger partial charge in [-0.3, -0.25) is 0 Å². The largest absolute Gasteiger partial charge is 0.498 e. The molecule has 67 heavy (non-hydrogen) atoms. The second kappa shape index (κ2) is 29.1. The van der Waals surface area contributed by atoms with Gasteiger partial charge in [-0.15, -0.1) is 10.2 Å². The molecule has 352 valence electrons. The first kappa shape index (κ1) is 49.8. The Morgan fingerprint density at radius 3 is 1.66 bits per heavy atom. The molecule has 0 aromatic heterocycles. The highest BCUT2D eigenvalue weighted by Gasteiger charge is 2.10. The summed E-state index contributed by atoms with van der Waals surface area (Å²) in [4.78, 5) is 22.1. The molecular weight excluding hydrogens is 841 g/mol. The Kier molecular flexibility index (Phi) is 21.7. The molecule has 0 aliphatic heterocycles. The van der Waals surface area contributed by atoms with Gasteiger partial charge in [0.05, 0.1) is 54.9 Å². The van der Waals surface area contributed by atoms with Gasteiger partial charge in [-0.1, -0.05) is 75.2 Å². The number of carbonyl (C=O) groups is 1. The van der Waals surface area contributed by atoms with Crippen molar-refractivity contribution in [2.75, 3.05) is 33.0 Å². The number of rotatable bonds is 31. The van der Waals surface area contributed by atoms with Crippen LogP contribution in [0, 0.1) is 0 Å². The van der Waals surface area contributed by atoms with Gasteiger partial charge in [0.2, 0.25) is 0 Å². The molecule has 0 atom stereocenters. The average Bonchev–Trinajstić information content (AvgIpc) is 3.37. The molecule has 0 saturated carbocycles. The molecule has 0 fully saturated rings. The van der Waals surface area contributed by atoms with Crippen molar-refractivity contribution in [1.29, 1.82) is 0 Å². The van der Waals surface area contributed by atoms with Crippen molar-refractivity contribution in [3.05, 3.63) is 151 Å². The molecule has 11 heteroatoms. The zero-order valence-corrected chi connectivity index (χ0v) is 39.1. The second-order valence-corrected chi connectivity index (χ2v) is 16.5. The van der Waals surface area contributed by atoms with Crippen molar-refractivity contribution in [2.24, 2.45) is 20.5 Å². The van der Waals surface area contributed by atoms with E-state index in [2.05, 4.69) is 46.1 Å². The summed E-state index contributed by atoms with van der Waals surface area (Å²) in [5.41, 5.74) is 5.65. The lowest BCUT2D eigenvalue weighted by atomic mass is 10.0. The number of esters is 1. The van der Waals surface area contributed by atoms with Gasteiger partial charge in [-0.2, -0.15) is 15.1 Å². The lowest BCUT2D eigenvalue weighted by Gasteiger charge is -2.16. The van der Waals surface area contributed by atoms with Crippen LogP contribution in [0.2, 0.25) is 0 Å². The normalized spacial score (nSPS) is 12.6. The SMILES string of the molecule is C=CC(=O)OCCCCCCOC1=CC=C(COOc2ccc(OCCCCCCOc3ccc(N=Nc4ccc(N=Nc5ccc(CCCCCC)cc5)c5ccccc45)cc3)cc2)CC1. The van der Waals surface area contributed by atoms with Gasteiger partial charge in [0.15, 0.2) is 5.75 Å². The Morgan fingerprint density at radius 2 is 1.09 bits per heavy atom. The fourth-order valence-corrected chi connectivity index (χ4v) is 7.36. The van der Waals surface area contributed by atoms with E-state index in [4.69, 9.17) is 28.7 Å². The van der Waals surface area contributed by atoms with Crippen LogP contribution in [0.4, 0.5) is 22.7 Å². The summed E-state index contributed by atoms with van der Waals surface area (Å²) in [7, 11) is 0. The summed E-state index contributed by atoms with van der Waals surface area (Å²) < 4.78 is 22.9. The van der Waals surface area contributed by atoms with Crippen molar-refractivity contribution in [2.45, 2.75) is 103 Å². The molecule has 5 aromatic carbocycles. The number of aryl methyl sites for hydroxylation is 1. The number of hydrogen-bond donors (Lipinski definition) is 0. The van der Waals surface area contributed by atoms with Crippen molar-refractivity contribution >= 4 is 39.5 Å². The number of nitrogens with zero attached hydrogens (tertiary/aromatic N) is 4. The first-order valence-corrected chi connectivity index (χ1v) is 24.1. The van der Waals surface area contributed by atoms with Crippen molar-refractivity contribution in [1.82, 2.24) is 0 Å². The number of ether oxygens (including phenoxy) is 4. The van der Waals surface area contributed by atoms with E-state index in [9.17, 15) is 4.79 Å². The summed E-state index contributed by atoms with van der Waals surface area (Å²) in [5.74, 6) is 2.87. The topological polar surface area (TPSA) is 122 Å². The molecular formula is C56H66N4O7. The third-order valence-corrected chi connectivity index (χ3v) is 11.3. The van der Waals surface area contributed by atoms with E-state index in [1.807, 2.05) is 109 Å². The molecule has 6 rings (SSSR count). The Hall–Kier alpha value is -6.59. The summed E-state index contributed by atoms with van der Waals surface area (Å²) in [5, 5.41) is 20.2. The molecule has 1 aliphatic carbocycles. The van der Waals surface area contributed by atoms with Gasteiger partial charge in [-0.25, -0.2) is 4.79 Å². The Balaban J connectivity index is 0.803. The van der Waals surface area contributed by atoms with Crippen LogP contribution in [0.3, 0.4) is 0 Å².